The Bertz CT molecular complexity index is 702. The Morgan fingerprint density at radius 1 is 1.09 bits per heavy atom. The first kappa shape index (κ1) is 16.2. The number of aryl methyl sites for hydroxylation is 1. The van der Waals surface area contributed by atoms with Crippen LogP contribution in [0, 0.1) is 12.7 Å². The van der Waals surface area contributed by atoms with Crippen LogP contribution in [0.25, 0.3) is 0 Å². The van der Waals surface area contributed by atoms with E-state index in [1.807, 2.05) is 19.1 Å². The molecule has 2 rings (SSSR count). The van der Waals surface area contributed by atoms with E-state index >= 15 is 0 Å². The lowest BCUT2D eigenvalue weighted by Gasteiger charge is -2.08. The molecule has 4 nitrogen and oxygen atoms in total. The maximum Gasteiger partial charge on any atom is 0.313 e. The van der Waals surface area contributed by atoms with Crippen LogP contribution in [0.5, 0.6) is 0 Å². The molecule has 0 radical (unpaired) electrons. The van der Waals surface area contributed by atoms with E-state index in [0.29, 0.717) is 15.7 Å². The van der Waals surface area contributed by atoms with Crippen LogP contribution < -0.4 is 10.6 Å². The van der Waals surface area contributed by atoms with Gasteiger partial charge in [0, 0.05) is 11.0 Å². The number of carbonyl (C=O) groups excluding carboxylic acids is 2. The lowest BCUT2D eigenvalue weighted by atomic mass is 10.2. The number of hydrogen-bond donors (Lipinski definition) is 2. The van der Waals surface area contributed by atoms with Crippen LogP contribution in [0.3, 0.4) is 0 Å². The number of anilines is 1. The van der Waals surface area contributed by atoms with E-state index < -0.39 is 11.8 Å². The molecule has 2 aromatic carbocycles. The summed E-state index contributed by atoms with van der Waals surface area (Å²) < 4.78 is 13.5. The van der Waals surface area contributed by atoms with Crippen molar-refractivity contribution in [2.45, 2.75) is 13.5 Å². The van der Waals surface area contributed by atoms with Crippen molar-refractivity contribution in [3.63, 3.8) is 0 Å². The van der Waals surface area contributed by atoms with E-state index in [-0.39, 0.29) is 12.4 Å². The van der Waals surface area contributed by atoms with E-state index in [4.69, 9.17) is 0 Å². The summed E-state index contributed by atoms with van der Waals surface area (Å²) in [4.78, 5) is 23.6. The fourth-order valence-electron chi connectivity index (χ4n) is 1.77. The van der Waals surface area contributed by atoms with Gasteiger partial charge < -0.3 is 10.6 Å². The number of rotatable bonds is 3. The van der Waals surface area contributed by atoms with Crippen LogP contribution >= 0.6 is 15.9 Å². The third-order valence-electron chi connectivity index (χ3n) is 2.95. The van der Waals surface area contributed by atoms with Gasteiger partial charge in [0.15, 0.2) is 0 Å². The molecule has 2 aromatic rings. The summed E-state index contributed by atoms with van der Waals surface area (Å²) in [6, 6.07) is 11.1. The molecule has 0 spiro atoms. The highest BCUT2D eigenvalue weighted by Crippen LogP contribution is 2.23. The Morgan fingerprint density at radius 2 is 1.77 bits per heavy atom. The molecular weight excluding hydrogens is 351 g/mol. The number of amides is 2. The maximum atomic E-state index is 12.8. The van der Waals surface area contributed by atoms with Crippen LogP contribution in [0.2, 0.25) is 0 Å². The van der Waals surface area contributed by atoms with Gasteiger partial charge in [0.25, 0.3) is 0 Å². The topological polar surface area (TPSA) is 58.2 Å². The Hall–Kier alpha value is -2.21. The third-order valence-corrected chi connectivity index (χ3v) is 3.60. The molecular formula is C16H14BrFN2O2. The summed E-state index contributed by atoms with van der Waals surface area (Å²) in [5.74, 6) is -1.86. The fourth-order valence-corrected chi connectivity index (χ4v) is 2.36. The second-order valence-electron chi connectivity index (χ2n) is 4.75. The molecule has 0 saturated carbocycles. The molecule has 2 amide bonds. The van der Waals surface area contributed by atoms with Gasteiger partial charge in [0.05, 0.1) is 5.69 Å². The average Bonchev–Trinajstić information content (AvgIpc) is 2.49. The van der Waals surface area contributed by atoms with Gasteiger partial charge >= 0.3 is 11.8 Å². The minimum atomic E-state index is -0.758. The average molecular weight is 365 g/mol. The number of nitrogens with one attached hydrogen (secondary N) is 2. The summed E-state index contributed by atoms with van der Waals surface area (Å²) >= 11 is 3.33. The normalized spacial score (nSPS) is 10.1. The zero-order valence-electron chi connectivity index (χ0n) is 11.8. The zero-order valence-corrected chi connectivity index (χ0v) is 13.4. The lowest BCUT2D eigenvalue weighted by Crippen LogP contribution is -2.35. The van der Waals surface area contributed by atoms with Gasteiger partial charge in [-0.05, 0) is 58.2 Å². The van der Waals surface area contributed by atoms with E-state index in [9.17, 15) is 14.0 Å². The van der Waals surface area contributed by atoms with Crippen molar-refractivity contribution >= 4 is 33.4 Å². The summed E-state index contributed by atoms with van der Waals surface area (Å²) in [5, 5.41) is 5.01. The predicted octanol–water partition coefficient (Wildman–Crippen LogP) is 3.15. The monoisotopic (exact) mass is 364 g/mol. The lowest BCUT2D eigenvalue weighted by molar-refractivity contribution is -0.136. The quantitative estimate of drug-likeness (QED) is 0.821. The largest absolute Gasteiger partial charge is 0.344 e. The molecule has 0 aromatic heterocycles. The van der Waals surface area contributed by atoms with Crippen LogP contribution in [0.15, 0.2) is 46.9 Å². The van der Waals surface area contributed by atoms with Gasteiger partial charge in [-0.15, -0.1) is 0 Å². The summed E-state index contributed by atoms with van der Waals surface area (Å²) in [5.41, 5.74) is 2.26. The van der Waals surface area contributed by atoms with Crippen LogP contribution in [0.1, 0.15) is 11.1 Å². The summed E-state index contributed by atoms with van der Waals surface area (Å²) in [6.45, 7) is 2.08. The first-order valence-electron chi connectivity index (χ1n) is 6.55. The first-order valence-corrected chi connectivity index (χ1v) is 7.35. The molecule has 0 bridgehead atoms. The SMILES string of the molecule is Cc1ccc(NC(=O)C(=O)NCc2ccc(F)cc2)c(Br)c1. The minimum Gasteiger partial charge on any atom is -0.344 e. The highest BCUT2D eigenvalue weighted by atomic mass is 79.9. The Labute approximate surface area is 135 Å². The number of hydrogen-bond acceptors (Lipinski definition) is 2. The highest BCUT2D eigenvalue weighted by Gasteiger charge is 2.14. The van der Waals surface area contributed by atoms with Crippen molar-refractivity contribution in [3.05, 3.63) is 63.9 Å². The van der Waals surface area contributed by atoms with Gasteiger partial charge in [-0.1, -0.05) is 18.2 Å². The predicted molar refractivity (Wildman–Crippen MR) is 85.8 cm³/mol. The standard InChI is InChI=1S/C16H14BrFN2O2/c1-10-2-7-14(13(17)8-10)20-16(22)15(21)19-9-11-3-5-12(18)6-4-11/h2-8H,9H2,1H3,(H,19,21)(H,20,22). The first-order chi connectivity index (χ1) is 10.5. The molecule has 0 aliphatic carbocycles. The molecule has 0 atom stereocenters. The van der Waals surface area contributed by atoms with Gasteiger partial charge in [0.1, 0.15) is 5.82 Å². The number of halogens is 2. The molecule has 6 heteroatoms. The molecule has 0 unspecified atom stereocenters. The van der Waals surface area contributed by atoms with Crippen molar-refractivity contribution in [1.82, 2.24) is 5.32 Å². The van der Waals surface area contributed by atoms with Crippen molar-refractivity contribution in [2.75, 3.05) is 5.32 Å². The van der Waals surface area contributed by atoms with E-state index in [1.165, 1.54) is 12.1 Å². The minimum absolute atomic E-state index is 0.154. The maximum absolute atomic E-state index is 12.8. The molecule has 22 heavy (non-hydrogen) atoms. The Morgan fingerprint density at radius 3 is 2.41 bits per heavy atom. The Balaban J connectivity index is 1.92. The zero-order chi connectivity index (χ0) is 16.1. The highest BCUT2D eigenvalue weighted by molar-refractivity contribution is 9.10. The second kappa shape index (κ2) is 7.17. The van der Waals surface area contributed by atoms with Crippen LogP contribution in [-0.4, -0.2) is 11.8 Å². The number of benzene rings is 2. The molecule has 0 fully saturated rings. The molecule has 0 aliphatic rings. The van der Waals surface area contributed by atoms with Gasteiger partial charge in [-0.25, -0.2) is 4.39 Å². The van der Waals surface area contributed by atoms with Crippen molar-refractivity contribution in [1.29, 1.82) is 0 Å². The fraction of sp³-hybridized carbons (Fsp3) is 0.125. The van der Waals surface area contributed by atoms with Gasteiger partial charge in [-0.2, -0.15) is 0 Å². The number of carbonyl (C=O) groups is 2. The van der Waals surface area contributed by atoms with E-state index in [2.05, 4.69) is 26.6 Å². The second-order valence-corrected chi connectivity index (χ2v) is 5.60. The van der Waals surface area contributed by atoms with Crippen LogP contribution in [-0.2, 0) is 16.1 Å². The molecule has 0 aliphatic heterocycles. The third kappa shape index (κ3) is 4.39. The van der Waals surface area contributed by atoms with Crippen molar-refractivity contribution < 1.29 is 14.0 Å². The van der Waals surface area contributed by atoms with Crippen LogP contribution in [0.4, 0.5) is 10.1 Å². The van der Waals surface area contributed by atoms with Crippen molar-refractivity contribution in [3.8, 4) is 0 Å². The summed E-state index contributed by atoms with van der Waals surface area (Å²) in [6.07, 6.45) is 0. The molecule has 0 saturated heterocycles. The van der Waals surface area contributed by atoms with Crippen molar-refractivity contribution in [2.24, 2.45) is 0 Å². The van der Waals surface area contributed by atoms with Gasteiger partial charge in [-0.3, -0.25) is 9.59 Å². The van der Waals surface area contributed by atoms with Gasteiger partial charge in [0.2, 0.25) is 0 Å². The van der Waals surface area contributed by atoms with E-state index in [0.717, 1.165) is 5.56 Å². The molecule has 0 heterocycles. The molecule has 114 valence electrons. The summed E-state index contributed by atoms with van der Waals surface area (Å²) in [7, 11) is 0. The Kier molecular flexibility index (Phi) is 5.27. The van der Waals surface area contributed by atoms with E-state index in [1.54, 1.807) is 18.2 Å². The molecule has 2 N–H and O–H groups in total. The smallest absolute Gasteiger partial charge is 0.313 e.